The van der Waals surface area contributed by atoms with Gasteiger partial charge < -0.3 is 0 Å². The summed E-state index contributed by atoms with van der Waals surface area (Å²) in [6.07, 6.45) is 0.649. The van der Waals surface area contributed by atoms with E-state index in [1.807, 2.05) is 12.1 Å². The Morgan fingerprint density at radius 1 is 1.13 bits per heavy atom. The van der Waals surface area contributed by atoms with Crippen LogP contribution in [0.5, 0.6) is 0 Å². The first-order valence-electron chi connectivity index (χ1n) is 6.76. The molecule has 0 aliphatic heterocycles. The summed E-state index contributed by atoms with van der Waals surface area (Å²) >= 11 is 5.80. The van der Waals surface area contributed by atoms with E-state index < -0.39 is 15.8 Å². The van der Waals surface area contributed by atoms with Crippen molar-refractivity contribution < 1.29 is 17.8 Å². The van der Waals surface area contributed by atoms with Gasteiger partial charge in [0.25, 0.3) is 0 Å². The lowest BCUT2D eigenvalue weighted by Crippen LogP contribution is -2.79. The Morgan fingerprint density at radius 2 is 1.74 bits per heavy atom. The highest BCUT2D eigenvalue weighted by atomic mass is 35.5. The molecule has 0 aliphatic rings. The molecule has 0 spiro atoms. The maximum Gasteiger partial charge on any atom is 0.356 e. The van der Waals surface area contributed by atoms with Gasteiger partial charge in [-0.3, -0.25) is 10.7 Å². The first-order chi connectivity index (χ1) is 10.9. The van der Waals surface area contributed by atoms with E-state index in [1.54, 1.807) is 12.1 Å². The normalized spacial score (nSPS) is 12.2. The molecular weight excluding hydrogens is 341 g/mol. The molecule has 0 atom stereocenters. The Bertz CT molecular complexity index is 790. The standard InChI is InChI=1S/C15H15ClFN3O2S/c16-12-3-1-11(2-4-12)9-10-19-15(18)20-23(21,22)14-7-5-13(17)6-8-14/h1-8H,9-10H2,(H3,18,19,20)/p+1. The summed E-state index contributed by atoms with van der Waals surface area (Å²) in [7, 11) is -3.84. The molecule has 8 heteroatoms. The zero-order chi connectivity index (χ0) is 16.9. The van der Waals surface area contributed by atoms with Crippen molar-refractivity contribution in [1.29, 1.82) is 0 Å². The Kier molecular flexibility index (Phi) is 5.57. The maximum atomic E-state index is 12.8. The van der Waals surface area contributed by atoms with Gasteiger partial charge in [-0.2, -0.15) is 13.1 Å². The highest BCUT2D eigenvalue weighted by molar-refractivity contribution is 7.90. The molecule has 0 saturated heterocycles. The van der Waals surface area contributed by atoms with Gasteiger partial charge >= 0.3 is 16.0 Å². The van der Waals surface area contributed by atoms with Crippen molar-refractivity contribution in [2.24, 2.45) is 5.73 Å². The van der Waals surface area contributed by atoms with Crippen LogP contribution in [0.15, 0.2) is 53.4 Å². The minimum atomic E-state index is -3.84. The molecule has 0 bridgehead atoms. The monoisotopic (exact) mass is 356 g/mol. The van der Waals surface area contributed by atoms with Crippen LogP contribution in [0.2, 0.25) is 5.02 Å². The van der Waals surface area contributed by atoms with E-state index in [4.69, 9.17) is 17.3 Å². The second-order valence-corrected chi connectivity index (χ2v) is 6.90. The summed E-state index contributed by atoms with van der Waals surface area (Å²) in [5.74, 6) is -0.606. The molecule has 2 aromatic rings. The molecule has 0 radical (unpaired) electrons. The highest BCUT2D eigenvalue weighted by Gasteiger charge is 2.19. The fraction of sp³-hybridized carbons (Fsp3) is 0.133. The highest BCUT2D eigenvalue weighted by Crippen LogP contribution is 2.09. The van der Waals surface area contributed by atoms with Crippen LogP contribution in [0.25, 0.3) is 0 Å². The van der Waals surface area contributed by atoms with Crippen LogP contribution < -0.4 is 15.4 Å². The van der Waals surface area contributed by atoms with Crippen molar-refractivity contribution in [2.75, 3.05) is 6.54 Å². The minimum absolute atomic E-state index is 0.0682. The maximum absolute atomic E-state index is 12.8. The summed E-state index contributed by atoms with van der Waals surface area (Å²) in [6, 6.07) is 11.8. The van der Waals surface area contributed by atoms with Gasteiger partial charge in [0.1, 0.15) is 10.7 Å². The van der Waals surface area contributed by atoms with Crippen molar-refractivity contribution in [2.45, 2.75) is 11.3 Å². The van der Waals surface area contributed by atoms with Gasteiger partial charge in [-0.15, -0.1) is 0 Å². The third-order valence-corrected chi connectivity index (χ3v) is 4.64. The second kappa shape index (κ2) is 7.43. The average molecular weight is 357 g/mol. The van der Waals surface area contributed by atoms with E-state index in [1.165, 1.54) is 12.1 Å². The lowest BCUT2D eigenvalue weighted by Gasteiger charge is -2.03. The molecule has 0 amide bonds. The summed E-state index contributed by atoms with van der Waals surface area (Å²) < 4.78 is 39.1. The molecule has 2 aromatic carbocycles. The zero-order valence-electron chi connectivity index (χ0n) is 12.1. The van der Waals surface area contributed by atoms with Gasteiger partial charge in [0.05, 0.1) is 6.54 Å². The number of nitrogens with two attached hydrogens (primary N) is 1. The van der Waals surface area contributed by atoms with Crippen LogP contribution in [-0.2, 0) is 16.4 Å². The van der Waals surface area contributed by atoms with Gasteiger partial charge in [-0.1, -0.05) is 23.7 Å². The molecule has 5 nitrogen and oxygen atoms in total. The molecule has 0 saturated carbocycles. The number of benzene rings is 2. The third-order valence-electron chi connectivity index (χ3n) is 3.01. The number of hydrogen-bond acceptors (Lipinski definition) is 2. The summed E-state index contributed by atoms with van der Waals surface area (Å²) in [5, 5.41) is 0.653. The summed E-state index contributed by atoms with van der Waals surface area (Å²) in [5.41, 5.74) is 6.67. The summed E-state index contributed by atoms with van der Waals surface area (Å²) in [6.45, 7) is 0.444. The molecule has 122 valence electrons. The molecular formula is C15H16ClFN3O2S+. The first kappa shape index (κ1) is 17.2. The zero-order valence-corrected chi connectivity index (χ0v) is 13.7. The number of hydrogen-bond donors (Lipinski definition) is 3. The Hall–Kier alpha value is -2.12. The van der Waals surface area contributed by atoms with Crippen LogP contribution in [0, 0.1) is 5.82 Å². The van der Waals surface area contributed by atoms with E-state index in [0.29, 0.717) is 18.0 Å². The van der Waals surface area contributed by atoms with Gasteiger partial charge in [0.2, 0.25) is 0 Å². The van der Waals surface area contributed by atoms with E-state index in [-0.39, 0.29) is 10.9 Å². The van der Waals surface area contributed by atoms with Crippen molar-refractivity contribution in [3.05, 3.63) is 64.9 Å². The van der Waals surface area contributed by atoms with Crippen molar-refractivity contribution in [1.82, 2.24) is 4.72 Å². The lowest BCUT2D eigenvalue weighted by atomic mass is 10.1. The van der Waals surface area contributed by atoms with Crippen LogP contribution in [0.3, 0.4) is 0 Å². The largest absolute Gasteiger partial charge is 0.356 e. The molecule has 0 aromatic heterocycles. The molecule has 23 heavy (non-hydrogen) atoms. The van der Waals surface area contributed by atoms with Crippen LogP contribution in [0.4, 0.5) is 4.39 Å². The fourth-order valence-corrected chi connectivity index (χ4v) is 2.95. The van der Waals surface area contributed by atoms with Crippen molar-refractivity contribution in [3.63, 3.8) is 0 Å². The SMILES string of the molecule is NC(NS(=O)(=O)c1ccc(F)cc1)=[NH+]CCc1ccc(Cl)cc1. The van der Waals surface area contributed by atoms with Crippen LogP contribution in [-0.4, -0.2) is 20.9 Å². The van der Waals surface area contributed by atoms with Gasteiger partial charge in [0, 0.05) is 11.4 Å². The Labute approximate surface area is 139 Å². The number of halogens is 2. The molecule has 2 rings (SSSR count). The molecule has 0 unspecified atom stereocenters. The van der Waals surface area contributed by atoms with E-state index >= 15 is 0 Å². The molecule has 4 N–H and O–H groups in total. The van der Waals surface area contributed by atoms with Crippen LogP contribution in [0.1, 0.15) is 5.56 Å². The minimum Gasteiger partial charge on any atom is -0.290 e. The quantitative estimate of drug-likeness (QED) is 0.535. The van der Waals surface area contributed by atoms with Crippen molar-refractivity contribution in [3.8, 4) is 0 Å². The number of sulfonamides is 1. The average Bonchev–Trinajstić information content (AvgIpc) is 2.49. The third kappa shape index (κ3) is 5.22. The Morgan fingerprint density at radius 3 is 2.35 bits per heavy atom. The predicted molar refractivity (Wildman–Crippen MR) is 86.9 cm³/mol. The number of guanidine groups is 1. The van der Waals surface area contributed by atoms with Gasteiger partial charge in [0.15, 0.2) is 0 Å². The molecule has 0 aliphatic carbocycles. The van der Waals surface area contributed by atoms with Gasteiger partial charge in [-0.25, -0.2) is 4.39 Å². The van der Waals surface area contributed by atoms with E-state index in [9.17, 15) is 12.8 Å². The fourth-order valence-electron chi connectivity index (χ4n) is 1.85. The topological polar surface area (TPSA) is 86.2 Å². The first-order valence-corrected chi connectivity index (χ1v) is 8.62. The predicted octanol–water partition coefficient (Wildman–Crippen LogP) is 0.395. The van der Waals surface area contributed by atoms with Crippen molar-refractivity contribution >= 4 is 27.6 Å². The van der Waals surface area contributed by atoms with Crippen LogP contribution >= 0.6 is 11.6 Å². The Balaban J connectivity index is 1.95. The molecule has 0 heterocycles. The number of rotatable bonds is 5. The lowest BCUT2D eigenvalue weighted by molar-refractivity contribution is -0.459. The second-order valence-electron chi connectivity index (χ2n) is 4.78. The van der Waals surface area contributed by atoms with E-state index in [2.05, 4.69) is 9.71 Å². The van der Waals surface area contributed by atoms with E-state index in [0.717, 1.165) is 17.7 Å². The smallest absolute Gasteiger partial charge is 0.290 e. The number of nitrogens with one attached hydrogen (secondary N) is 2. The summed E-state index contributed by atoms with van der Waals surface area (Å²) in [4.78, 5) is 2.71. The molecule has 0 fully saturated rings. The van der Waals surface area contributed by atoms with Gasteiger partial charge in [-0.05, 0) is 42.0 Å².